The van der Waals surface area contributed by atoms with Crippen LogP contribution in [0.3, 0.4) is 0 Å². The van der Waals surface area contributed by atoms with Gasteiger partial charge in [-0.25, -0.2) is 14.8 Å². The number of nitrogens with zero attached hydrogens (tertiary/aromatic N) is 2. The molecule has 0 saturated carbocycles. The van der Waals surface area contributed by atoms with Crippen molar-refractivity contribution >= 4 is 35.1 Å². The molecule has 2 rings (SSSR count). The average molecular weight is 404 g/mol. The molecule has 0 spiro atoms. The zero-order valence-corrected chi connectivity index (χ0v) is 16.9. The zero-order chi connectivity index (χ0) is 20.5. The van der Waals surface area contributed by atoms with Gasteiger partial charge < -0.3 is 20.5 Å². The molecular formula is C19H24N4O4S. The highest BCUT2D eigenvalue weighted by Crippen LogP contribution is 2.25. The summed E-state index contributed by atoms with van der Waals surface area (Å²) in [4.78, 5) is 32.6. The molecule has 0 aliphatic heterocycles. The van der Waals surface area contributed by atoms with E-state index in [9.17, 15) is 9.59 Å². The molecule has 9 heteroatoms. The molecule has 3 N–H and O–H groups in total. The van der Waals surface area contributed by atoms with E-state index in [4.69, 9.17) is 15.2 Å². The molecule has 1 atom stereocenters. The van der Waals surface area contributed by atoms with Gasteiger partial charge in [0.05, 0.1) is 18.5 Å². The fourth-order valence-electron chi connectivity index (χ4n) is 2.27. The summed E-state index contributed by atoms with van der Waals surface area (Å²) in [5.41, 5.74) is 6.61. The van der Waals surface area contributed by atoms with E-state index >= 15 is 0 Å². The molecule has 2 aromatic rings. The predicted octanol–water partition coefficient (Wildman–Crippen LogP) is 3.14. The van der Waals surface area contributed by atoms with Crippen LogP contribution in [0.1, 0.15) is 37.6 Å². The molecule has 28 heavy (non-hydrogen) atoms. The molecule has 0 aliphatic rings. The van der Waals surface area contributed by atoms with Crippen molar-refractivity contribution in [3.8, 4) is 5.75 Å². The highest BCUT2D eigenvalue weighted by atomic mass is 32.2. The normalized spacial score (nSPS) is 11.5. The molecule has 1 aromatic heterocycles. The first kappa shape index (κ1) is 21.5. The van der Waals surface area contributed by atoms with Crippen molar-refractivity contribution in [1.29, 1.82) is 0 Å². The van der Waals surface area contributed by atoms with E-state index in [1.807, 2.05) is 13.8 Å². The minimum absolute atomic E-state index is 0.0257. The second-order valence-electron chi connectivity index (χ2n) is 5.63. The Balaban J connectivity index is 2.03. The number of benzene rings is 1. The van der Waals surface area contributed by atoms with E-state index in [0.717, 1.165) is 5.75 Å². The van der Waals surface area contributed by atoms with E-state index in [-0.39, 0.29) is 23.9 Å². The molecule has 150 valence electrons. The van der Waals surface area contributed by atoms with Crippen LogP contribution < -0.4 is 15.8 Å². The van der Waals surface area contributed by atoms with Crippen LogP contribution in [0.5, 0.6) is 5.75 Å². The van der Waals surface area contributed by atoms with E-state index in [2.05, 4.69) is 15.3 Å². The minimum atomic E-state index is -0.572. The number of carbonyl (C=O) groups excluding carboxylic acids is 2. The lowest BCUT2D eigenvalue weighted by atomic mass is 10.2. The van der Waals surface area contributed by atoms with Gasteiger partial charge in [-0.3, -0.25) is 4.79 Å². The molecule has 0 unspecified atom stereocenters. The van der Waals surface area contributed by atoms with Gasteiger partial charge in [-0.1, -0.05) is 18.7 Å². The van der Waals surface area contributed by atoms with Gasteiger partial charge in [0.15, 0.2) is 5.16 Å². The first-order valence-corrected chi connectivity index (χ1v) is 9.86. The second-order valence-corrected chi connectivity index (χ2v) is 6.80. The van der Waals surface area contributed by atoms with Crippen LogP contribution in [0.2, 0.25) is 0 Å². The zero-order valence-electron chi connectivity index (χ0n) is 16.1. The maximum Gasteiger partial charge on any atom is 0.343 e. The first-order valence-electron chi connectivity index (χ1n) is 8.98. The molecule has 0 radical (unpaired) electrons. The Morgan fingerprint density at radius 1 is 1.18 bits per heavy atom. The topological polar surface area (TPSA) is 116 Å². The molecule has 0 saturated heterocycles. The molecule has 1 aromatic carbocycles. The summed E-state index contributed by atoms with van der Waals surface area (Å²) in [6.45, 7) is 6.32. The molecule has 0 bridgehead atoms. The molecule has 8 nitrogen and oxygen atoms in total. The Hall–Kier alpha value is -2.81. The maximum absolute atomic E-state index is 12.6. The highest BCUT2D eigenvalue weighted by molar-refractivity contribution is 8.00. The SMILES string of the molecule is CCOC(=O)c1cnc(S[C@@H](CC)C(=O)Nc2ccc(OCC)cc2)nc1N. The van der Waals surface area contributed by atoms with Crippen molar-refractivity contribution in [2.75, 3.05) is 24.3 Å². The number of esters is 1. The molecule has 0 fully saturated rings. The van der Waals surface area contributed by atoms with Gasteiger partial charge in [-0.2, -0.15) is 0 Å². The number of anilines is 2. The van der Waals surface area contributed by atoms with Crippen molar-refractivity contribution in [2.24, 2.45) is 0 Å². The van der Waals surface area contributed by atoms with E-state index in [0.29, 0.717) is 23.9 Å². The number of aromatic nitrogens is 2. The van der Waals surface area contributed by atoms with E-state index in [1.54, 1.807) is 31.2 Å². The van der Waals surface area contributed by atoms with Crippen LogP contribution in [0, 0.1) is 0 Å². The first-order chi connectivity index (χ1) is 13.5. The van der Waals surface area contributed by atoms with Crippen LogP contribution in [0.15, 0.2) is 35.6 Å². The Bertz CT molecular complexity index is 814. The molecule has 1 heterocycles. The van der Waals surface area contributed by atoms with Crippen molar-refractivity contribution in [1.82, 2.24) is 9.97 Å². The number of nitrogen functional groups attached to an aromatic ring is 1. The van der Waals surface area contributed by atoms with Crippen LogP contribution in [-0.4, -0.2) is 40.3 Å². The third-order valence-corrected chi connectivity index (χ3v) is 4.87. The summed E-state index contributed by atoms with van der Waals surface area (Å²) >= 11 is 1.18. The number of thioether (sulfide) groups is 1. The van der Waals surface area contributed by atoms with E-state index < -0.39 is 11.2 Å². The lowest BCUT2D eigenvalue weighted by molar-refractivity contribution is -0.115. The van der Waals surface area contributed by atoms with Gasteiger partial charge in [0.1, 0.15) is 17.1 Å². The maximum atomic E-state index is 12.6. The number of rotatable bonds is 9. The monoisotopic (exact) mass is 404 g/mol. The quantitative estimate of drug-likeness (QED) is 0.372. The van der Waals surface area contributed by atoms with Gasteiger partial charge in [-0.05, 0) is 44.5 Å². The molecular weight excluding hydrogens is 380 g/mol. The number of nitrogens with one attached hydrogen (secondary N) is 1. The summed E-state index contributed by atoms with van der Waals surface area (Å²) in [6.07, 6.45) is 1.89. The Kier molecular flexibility index (Phi) is 8.06. The van der Waals surface area contributed by atoms with Gasteiger partial charge in [0.25, 0.3) is 0 Å². The smallest absolute Gasteiger partial charge is 0.343 e. The number of hydrogen-bond donors (Lipinski definition) is 2. The average Bonchev–Trinajstić information content (AvgIpc) is 2.68. The predicted molar refractivity (Wildman–Crippen MR) is 109 cm³/mol. The van der Waals surface area contributed by atoms with Gasteiger partial charge in [0, 0.05) is 11.9 Å². The Morgan fingerprint density at radius 3 is 2.46 bits per heavy atom. The van der Waals surface area contributed by atoms with Gasteiger partial charge >= 0.3 is 5.97 Å². The van der Waals surface area contributed by atoms with Crippen LogP contribution in [0.4, 0.5) is 11.5 Å². The fourth-order valence-corrected chi connectivity index (χ4v) is 3.13. The summed E-state index contributed by atoms with van der Waals surface area (Å²) in [5.74, 6) is 0.0235. The van der Waals surface area contributed by atoms with Gasteiger partial charge in [0.2, 0.25) is 5.91 Å². The number of nitrogens with two attached hydrogens (primary N) is 1. The molecule has 0 aliphatic carbocycles. The Labute approximate surface area is 168 Å². The van der Waals surface area contributed by atoms with Crippen molar-refractivity contribution in [3.63, 3.8) is 0 Å². The third kappa shape index (κ3) is 5.85. The number of ether oxygens (including phenoxy) is 2. The number of amides is 1. The van der Waals surface area contributed by atoms with Gasteiger partial charge in [-0.15, -0.1) is 0 Å². The number of hydrogen-bond acceptors (Lipinski definition) is 8. The third-order valence-electron chi connectivity index (χ3n) is 3.64. The second kappa shape index (κ2) is 10.5. The number of carbonyl (C=O) groups is 2. The van der Waals surface area contributed by atoms with Crippen LogP contribution in [-0.2, 0) is 9.53 Å². The highest BCUT2D eigenvalue weighted by Gasteiger charge is 2.21. The van der Waals surface area contributed by atoms with Crippen molar-refractivity contribution in [3.05, 3.63) is 36.0 Å². The standard InChI is InChI=1S/C19H24N4O4S/c1-4-15(17(24)22-12-7-9-13(10-8-12)26-5-2)28-19-21-11-14(16(20)23-19)18(25)27-6-3/h7-11,15H,4-6H2,1-3H3,(H,22,24)(H2,20,21,23)/t15-/m0/s1. The van der Waals surface area contributed by atoms with E-state index in [1.165, 1.54) is 18.0 Å². The largest absolute Gasteiger partial charge is 0.494 e. The summed E-state index contributed by atoms with van der Waals surface area (Å²) in [7, 11) is 0. The summed E-state index contributed by atoms with van der Waals surface area (Å²) < 4.78 is 10.3. The summed E-state index contributed by atoms with van der Waals surface area (Å²) in [5, 5.41) is 2.77. The lowest BCUT2D eigenvalue weighted by Crippen LogP contribution is -2.25. The summed E-state index contributed by atoms with van der Waals surface area (Å²) in [6, 6.07) is 7.15. The Morgan fingerprint density at radius 2 is 1.89 bits per heavy atom. The minimum Gasteiger partial charge on any atom is -0.494 e. The lowest BCUT2D eigenvalue weighted by Gasteiger charge is -2.14. The van der Waals surface area contributed by atoms with Crippen molar-refractivity contribution < 1.29 is 19.1 Å². The van der Waals surface area contributed by atoms with Crippen molar-refractivity contribution in [2.45, 2.75) is 37.6 Å². The molecule has 1 amide bonds. The van der Waals surface area contributed by atoms with Crippen LogP contribution >= 0.6 is 11.8 Å². The van der Waals surface area contributed by atoms with Crippen LogP contribution in [0.25, 0.3) is 0 Å². The fraction of sp³-hybridized carbons (Fsp3) is 0.368.